The van der Waals surface area contributed by atoms with E-state index in [9.17, 15) is 19.2 Å². The summed E-state index contributed by atoms with van der Waals surface area (Å²) in [5.41, 5.74) is 0.746. The first-order valence-electron chi connectivity index (χ1n) is 15.3. The second-order valence-electron chi connectivity index (χ2n) is 15.0. The Labute approximate surface area is 253 Å². The van der Waals surface area contributed by atoms with Crippen molar-refractivity contribution < 1.29 is 28.7 Å². The van der Waals surface area contributed by atoms with Gasteiger partial charge in [0.1, 0.15) is 12.7 Å². The number of carbonyl (C=O) groups excluding carboxylic acids is 4. The summed E-state index contributed by atoms with van der Waals surface area (Å²) in [6.45, 7) is 16.5. The fraction of sp³-hybridized carbons (Fsp3) is 0.818. The molecule has 0 aliphatic heterocycles. The molecule has 0 bridgehead atoms. The molecule has 5 aliphatic carbocycles. The Kier molecular flexibility index (Phi) is 7.28. The van der Waals surface area contributed by atoms with Crippen molar-refractivity contribution in [2.45, 2.75) is 116 Å². The third kappa shape index (κ3) is 3.90. The standard InChI is InChI=1S/C33H47IO6/c1-18(2)25-26-21-9-10-23-30(7)13-12-24(40-20(4)36)29(5,6)22(30)11-14-31(23,8)33(21,34)16-15-32(26,17-39-19(3)35)28(38)27(25)37/h18,21-24H,9-17H2,1-8H3/t21?,22?,23?,24-,30?,31?,32?,33-/m0/s1. The molecule has 6 unspecified atom stereocenters. The highest BCUT2D eigenvalue weighted by Gasteiger charge is 2.72. The maximum absolute atomic E-state index is 13.7. The van der Waals surface area contributed by atoms with E-state index in [1.807, 2.05) is 13.8 Å². The summed E-state index contributed by atoms with van der Waals surface area (Å²) in [5.74, 6) is -0.306. The highest BCUT2D eigenvalue weighted by molar-refractivity contribution is 14.1. The lowest BCUT2D eigenvalue weighted by Crippen LogP contribution is -2.67. The Morgan fingerprint density at radius 3 is 2.17 bits per heavy atom. The number of ether oxygens (including phenoxy) is 2. The van der Waals surface area contributed by atoms with Crippen LogP contribution in [0.2, 0.25) is 0 Å². The molecule has 0 aromatic heterocycles. The Hall–Kier alpha value is -1.25. The van der Waals surface area contributed by atoms with Crippen LogP contribution >= 0.6 is 22.6 Å². The van der Waals surface area contributed by atoms with Crippen LogP contribution < -0.4 is 0 Å². The van der Waals surface area contributed by atoms with Crippen molar-refractivity contribution in [1.82, 2.24) is 0 Å². The highest BCUT2D eigenvalue weighted by Crippen LogP contribution is 2.76. The van der Waals surface area contributed by atoms with E-state index < -0.39 is 11.4 Å². The van der Waals surface area contributed by atoms with E-state index in [1.54, 1.807) is 0 Å². The molecule has 0 radical (unpaired) electrons. The van der Waals surface area contributed by atoms with Crippen LogP contribution in [0.1, 0.15) is 107 Å². The molecule has 0 saturated heterocycles. The zero-order chi connectivity index (χ0) is 29.6. The Bertz CT molecular complexity index is 1190. The SMILES string of the molecule is CC(=O)OCC12CC[C@]3(I)C(CCC4C5(C)CC[C@H](OC(C)=O)C(C)(C)C5CCC43C)C1=C(C(C)C)C(=O)C2=O. The lowest BCUT2D eigenvalue weighted by atomic mass is 9.36. The highest BCUT2D eigenvalue weighted by atomic mass is 127. The van der Waals surface area contributed by atoms with Crippen LogP contribution in [-0.4, -0.2) is 39.6 Å². The molecule has 0 spiro atoms. The van der Waals surface area contributed by atoms with Crippen LogP contribution in [0.15, 0.2) is 11.1 Å². The number of halogens is 1. The fourth-order valence-corrected chi connectivity index (χ4v) is 12.4. The van der Waals surface area contributed by atoms with Crippen molar-refractivity contribution >= 4 is 46.1 Å². The maximum Gasteiger partial charge on any atom is 0.302 e. The van der Waals surface area contributed by atoms with Crippen molar-refractivity contribution in [3.63, 3.8) is 0 Å². The minimum absolute atomic E-state index is 0.0205. The average Bonchev–Trinajstić information content (AvgIpc) is 3.07. The molecular weight excluding hydrogens is 619 g/mol. The zero-order valence-electron chi connectivity index (χ0n) is 25.6. The quantitative estimate of drug-likeness (QED) is 0.142. The topological polar surface area (TPSA) is 86.7 Å². The van der Waals surface area contributed by atoms with Crippen molar-refractivity contribution in [2.75, 3.05) is 6.61 Å². The number of rotatable bonds is 4. The minimum atomic E-state index is -1.00. The molecule has 0 aromatic rings. The summed E-state index contributed by atoms with van der Waals surface area (Å²) in [5, 5.41) is 0. The third-order valence-corrected chi connectivity index (χ3v) is 15.1. The van der Waals surface area contributed by atoms with Gasteiger partial charge in [-0.25, -0.2) is 0 Å². The predicted octanol–water partition coefficient (Wildman–Crippen LogP) is 6.81. The third-order valence-electron chi connectivity index (χ3n) is 12.6. The summed E-state index contributed by atoms with van der Waals surface area (Å²) in [6, 6.07) is 0. The van der Waals surface area contributed by atoms with Gasteiger partial charge < -0.3 is 9.47 Å². The van der Waals surface area contributed by atoms with Gasteiger partial charge in [-0.15, -0.1) is 0 Å². The fourth-order valence-electron chi connectivity index (χ4n) is 10.9. The number of hydrogen-bond acceptors (Lipinski definition) is 6. The average molecular weight is 667 g/mol. The van der Waals surface area contributed by atoms with Gasteiger partial charge in [0.2, 0.25) is 11.6 Å². The van der Waals surface area contributed by atoms with Crippen LogP contribution in [0.5, 0.6) is 0 Å². The molecule has 222 valence electrons. The molecule has 5 rings (SSSR count). The molecule has 0 N–H and O–H groups in total. The number of esters is 2. The summed E-state index contributed by atoms with van der Waals surface area (Å²) >= 11 is 2.76. The molecule has 4 fully saturated rings. The van der Waals surface area contributed by atoms with E-state index in [0.29, 0.717) is 23.8 Å². The predicted molar refractivity (Wildman–Crippen MR) is 161 cm³/mol. The Morgan fingerprint density at radius 2 is 1.57 bits per heavy atom. The van der Waals surface area contributed by atoms with Gasteiger partial charge in [-0.1, -0.05) is 64.1 Å². The number of hydrogen-bond donors (Lipinski definition) is 0. The van der Waals surface area contributed by atoms with Crippen molar-refractivity contribution in [3.05, 3.63) is 11.1 Å². The molecule has 0 heterocycles. The number of carbonyl (C=O) groups is 4. The number of Topliss-reactive ketones (excluding diaryl/α,β-unsaturated/α-hetero) is 2. The molecule has 6 nitrogen and oxygen atoms in total. The lowest BCUT2D eigenvalue weighted by molar-refractivity contribution is -0.205. The van der Waals surface area contributed by atoms with E-state index in [-0.39, 0.29) is 61.7 Å². The number of ketones is 2. The summed E-state index contributed by atoms with van der Waals surface area (Å²) in [7, 11) is 0. The van der Waals surface area contributed by atoms with Crippen LogP contribution in [0.4, 0.5) is 0 Å². The van der Waals surface area contributed by atoms with E-state index in [1.165, 1.54) is 13.8 Å². The van der Waals surface area contributed by atoms with E-state index in [4.69, 9.17) is 9.47 Å². The number of fused-ring (bicyclic) bond motifs is 7. The molecule has 5 aliphatic rings. The molecule has 40 heavy (non-hydrogen) atoms. The van der Waals surface area contributed by atoms with E-state index in [0.717, 1.165) is 50.5 Å². The first-order valence-corrected chi connectivity index (χ1v) is 16.4. The second kappa shape index (κ2) is 9.63. The van der Waals surface area contributed by atoms with E-state index >= 15 is 0 Å². The van der Waals surface area contributed by atoms with Crippen LogP contribution in [0, 0.1) is 45.3 Å². The van der Waals surface area contributed by atoms with Crippen molar-refractivity contribution in [2.24, 2.45) is 45.3 Å². The normalized spacial score (nSPS) is 44.0. The van der Waals surface area contributed by atoms with Crippen molar-refractivity contribution in [1.29, 1.82) is 0 Å². The minimum Gasteiger partial charge on any atom is -0.464 e. The van der Waals surface area contributed by atoms with Crippen LogP contribution in [-0.2, 0) is 28.7 Å². The van der Waals surface area contributed by atoms with Gasteiger partial charge in [-0.3, -0.25) is 19.2 Å². The molecular formula is C33H47IO6. The number of allylic oxidation sites excluding steroid dienone is 1. The monoisotopic (exact) mass is 666 g/mol. The smallest absolute Gasteiger partial charge is 0.302 e. The first kappa shape index (κ1) is 30.2. The van der Waals surface area contributed by atoms with Crippen LogP contribution in [0.3, 0.4) is 0 Å². The van der Waals surface area contributed by atoms with Crippen molar-refractivity contribution in [3.8, 4) is 0 Å². The second-order valence-corrected chi connectivity index (χ2v) is 16.9. The maximum atomic E-state index is 13.7. The van der Waals surface area contributed by atoms with Gasteiger partial charge in [0.15, 0.2) is 0 Å². The van der Waals surface area contributed by atoms with Gasteiger partial charge in [-0.2, -0.15) is 0 Å². The van der Waals surface area contributed by atoms with Gasteiger partial charge in [0.05, 0.1) is 5.41 Å². The van der Waals surface area contributed by atoms with E-state index in [2.05, 4.69) is 50.3 Å². The largest absolute Gasteiger partial charge is 0.464 e. The Morgan fingerprint density at radius 1 is 0.900 bits per heavy atom. The van der Waals surface area contributed by atoms with Crippen LogP contribution in [0.25, 0.3) is 0 Å². The molecule has 8 atom stereocenters. The molecule has 7 heteroatoms. The summed E-state index contributed by atoms with van der Waals surface area (Å²) < 4.78 is 11.3. The summed E-state index contributed by atoms with van der Waals surface area (Å²) in [6.07, 6.45) is 7.42. The number of alkyl halides is 1. The Balaban J connectivity index is 1.57. The molecule has 0 amide bonds. The first-order chi connectivity index (χ1) is 18.5. The lowest BCUT2D eigenvalue weighted by Gasteiger charge is -2.71. The van der Waals surface area contributed by atoms with Gasteiger partial charge in [0, 0.05) is 28.3 Å². The summed E-state index contributed by atoms with van der Waals surface area (Å²) in [4.78, 5) is 51.1. The van der Waals surface area contributed by atoms with Gasteiger partial charge >= 0.3 is 11.9 Å². The van der Waals surface area contributed by atoms with Gasteiger partial charge in [-0.05, 0) is 91.4 Å². The zero-order valence-corrected chi connectivity index (χ0v) is 27.7. The molecule has 0 aromatic carbocycles. The molecule has 4 saturated carbocycles. The van der Waals surface area contributed by atoms with Gasteiger partial charge in [0.25, 0.3) is 0 Å².